The van der Waals surface area contributed by atoms with Gasteiger partial charge in [0.15, 0.2) is 5.82 Å². The Bertz CT molecular complexity index is 495. The van der Waals surface area contributed by atoms with Gasteiger partial charge < -0.3 is 0 Å². The van der Waals surface area contributed by atoms with Crippen LogP contribution in [0.15, 0.2) is 12.3 Å². The highest BCUT2D eigenvalue weighted by molar-refractivity contribution is 7.80. The van der Waals surface area contributed by atoms with Crippen molar-refractivity contribution >= 4 is 24.4 Å². The lowest BCUT2D eigenvalue weighted by molar-refractivity contribution is -0.117. The van der Waals surface area contributed by atoms with E-state index >= 15 is 0 Å². The van der Waals surface area contributed by atoms with Crippen LogP contribution in [0, 0.1) is 24.2 Å². The summed E-state index contributed by atoms with van der Waals surface area (Å²) in [5, 5.41) is 9.13. The zero-order chi connectivity index (χ0) is 12.4. The molecule has 0 saturated carbocycles. The highest BCUT2D eigenvalue weighted by Gasteiger charge is 2.32. The van der Waals surface area contributed by atoms with Crippen LogP contribution in [-0.2, 0) is 4.79 Å². The van der Waals surface area contributed by atoms with Gasteiger partial charge in [-0.3, -0.25) is 9.69 Å². The Morgan fingerprint density at radius 2 is 2.47 bits per heavy atom. The first kappa shape index (κ1) is 11.9. The highest BCUT2D eigenvalue weighted by Crippen LogP contribution is 2.27. The van der Waals surface area contributed by atoms with Crippen molar-refractivity contribution in [2.45, 2.75) is 13.3 Å². The van der Waals surface area contributed by atoms with E-state index in [9.17, 15) is 4.79 Å². The average Bonchev–Trinajstić information content (AvgIpc) is 2.70. The molecule has 1 fully saturated rings. The van der Waals surface area contributed by atoms with Gasteiger partial charge in [-0.1, -0.05) is 0 Å². The molecule has 0 aromatic carbocycles. The summed E-state index contributed by atoms with van der Waals surface area (Å²) in [7, 11) is 0. The van der Waals surface area contributed by atoms with Crippen molar-refractivity contribution in [3.8, 4) is 6.07 Å². The Kier molecular flexibility index (Phi) is 3.34. The third kappa shape index (κ3) is 2.13. The summed E-state index contributed by atoms with van der Waals surface area (Å²) in [4.78, 5) is 17.6. The van der Waals surface area contributed by atoms with Crippen molar-refractivity contribution in [3.05, 3.63) is 23.4 Å². The number of carbonyl (C=O) groups is 1. The molecule has 0 bridgehead atoms. The fraction of sp³-hybridized carbons (Fsp3) is 0.417. The predicted molar refractivity (Wildman–Crippen MR) is 68.0 cm³/mol. The predicted octanol–water partition coefficient (Wildman–Crippen LogP) is 1.54. The molecule has 4 nitrogen and oxygen atoms in total. The van der Waals surface area contributed by atoms with Crippen LogP contribution in [0.25, 0.3) is 0 Å². The van der Waals surface area contributed by atoms with E-state index in [0.29, 0.717) is 30.1 Å². The van der Waals surface area contributed by atoms with Crippen LogP contribution in [0.4, 0.5) is 5.82 Å². The summed E-state index contributed by atoms with van der Waals surface area (Å²) in [6, 6.07) is 3.90. The highest BCUT2D eigenvalue weighted by atomic mass is 32.1. The van der Waals surface area contributed by atoms with Gasteiger partial charge in [0.1, 0.15) is 6.07 Å². The van der Waals surface area contributed by atoms with E-state index in [2.05, 4.69) is 23.7 Å². The molecule has 1 aromatic rings. The van der Waals surface area contributed by atoms with Crippen molar-refractivity contribution in [1.82, 2.24) is 4.98 Å². The first-order valence-corrected chi connectivity index (χ1v) is 6.07. The quantitative estimate of drug-likeness (QED) is 0.807. The number of thiol groups is 1. The Morgan fingerprint density at radius 3 is 3.06 bits per heavy atom. The summed E-state index contributed by atoms with van der Waals surface area (Å²) in [5.74, 6) is 1.44. The van der Waals surface area contributed by atoms with Gasteiger partial charge in [0, 0.05) is 19.2 Å². The molecule has 1 saturated heterocycles. The van der Waals surface area contributed by atoms with E-state index in [4.69, 9.17) is 5.26 Å². The summed E-state index contributed by atoms with van der Waals surface area (Å²) in [5.41, 5.74) is 1.33. The second-order valence-electron chi connectivity index (χ2n) is 4.20. The van der Waals surface area contributed by atoms with Crippen molar-refractivity contribution in [2.75, 3.05) is 17.2 Å². The molecule has 0 spiro atoms. The van der Waals surface area contributed by atoms with Crippen molar-refractivity contribution in [2.24, 2.45) is 5.92 Å². The molecular weight excluding hydrogens is 234 g/mol. The van der Waals surface area contributed by atoms with Gasteiger partial charge in [-0.05, 0) is 30.2 Å². The van der Waals surface area contributed by atoms with Crippen molar-refractivity contribution in [3.63, 3.8) is 0 Å². The molecule has 2 rings (SSSR count). The summed E-state index contributed by atoms with van der Waals surface area (Å²) >= 11 is 4.21. The summed E-state index contributed by atoms with van der Waals surface area (Å²) < 4.78 is 0. The van der Waals surface area contributed by atoms with Crippen LogP contribution in [0.1, 0.15) is 17.5 Å². The summed E-state index contributed by atoms with van der Waals surface area (Å²) in [6.45, 7) is 2.45. The van der Waals surface area contributed by atoms with E-state index < -0.39 is 0 Å². The van der Waals surface area contributed by atoms with Crippen LogP contribution in [0.5, 0.6) is 0 Å². The van der Waals surface area contributed by atoms with Gasteiger partial charge in [0.05, 0.1) is 5.56 Å². The number of amides is 1. The zero-order valence-electron chi connectivity index (χ0n) is 9.55. The second kappa shape index (κ2) is 4.76. The molecule has 1 aliphatic heterocycles. The minimum atomic E-state index is 0.0265. The fourth-order valence-corrected chi connectivity index (χ4v) is 2.24. The maximum Gasteiger partial charge on any atom is 0.228 e. The van der Waals surface area contributed by atoms with Gasteiger partial charge in [-0.2, -0.15) is 17.9 Å². The molecule has 0 aliphatic carbocycles. The van der Waals surface area contributed by atoms with Crippen LogP contribution < -0.4 is 4.90 Å². The van der Waals surface area contributed by atoms with Gasteiger partial charge in [-0.25, -0.2) is 4.98 Å². The first-order chi connectivity index (χ1) is 8.17. The third-order valence-corrected chi connectivity index (χ3v) is 3.49. The lowest BCUT2D eigenvalue weighted by Crippen LogP contribution is -2.26. The topological polar surface area (TPSA) is 57.0 Å². The van der Waals surface area contributed by atoms with Crippen LogP contribution >= 0.6 is 12.6 Å². The Labute approximate surface area is 106 Å². The number of hydrogen-bond acceptors (Lipinski definition) is 4. The number of anilines is 1. The van der Waals surface area contributed by atoms with Crippen LogP contribution in [0.3, 0.4) is 0 Å². The third-order valence-electron chi connectivity index (χ3n) is 2.97. The van der Waals surface area contributed by atoms with Crippen LogP contribution in [-0.4, -0.2) is 23.2 Å². The maximum atomic E-state index is 11.9. The largest absolute Gasteiger partial charge is 0.295 e. The van der Waals surface area contributed by atoms with E-state index in [-0.39, 0.29) is 11.8 Å². The molecule has 1 atom stereocenters. The first-order valence-electron chi connectivity index (χ1n) is 5.44. The van der Waals surface area contributed by atoms with E-state index in [1.807, 2.05) is 6.92 Å². The number of aryl methyl sites for hydroxylation is 1. The van der Waals surface area contributed by atoms with Crippen molar-refractivity contribution in [1.29, 1.82) is 5.26 Å². The molecule has 1 amide bonds. The lowest BCUT2D eigenvalue weighted by Gasteiger charge is -2.17. The lowest BCUT2D eigenvalue weighted by atomic mass is 10.1. The fourth-order valence-electron chi connectivity index (χ4n) is 2.00. The summed E-state index contributed by atoms with van der Waals surface area (Å²) in [6.07, 6.45) is 2.12. The average molecular weight is 247 g/mol. The zero-order valence-corrected chi connectivity index (χ0v) is 10.4. The standard InChI is InChI=1S/C12H13N3OS/c1-8-2-3-14-12(10(8)5-13)15-6-9(7-17)4-11(15)16/h2-3,9,17H,4,6-7H2,1H3. The molecule has 1 unspecified atom stereocenters. The Morgan fingerprint density at radius 1 is 1.71 bits per heavy atom. The molecule has 1 aliphatic rings. The van der Waals surface area contributed by atoms with Gasteiger partial charge >= 0.3 is 0 Å². The minimum Gasteiger partial charge on any atom is -0.295 e. The number of nitriles is 1. The van der Waals surface area contributed by atoms with E-state index in [1.165, 1.54) is 0 Å². The monoisotopic (exact) mass is 247 g/mol. The van der Waals surface area contributed by atoms with Crippen molar-refractivity contribution < 1.29 is 4.79 Å². The number of pyridine rings is 1. The molecule has 88 valence electrons. The van der Waals surface area contributed by atoms with Crippen LogP contribution in [0.2, 0.25) is 0 Å². The number of carbonyl (C=O) groups excluding carboxylic acids is 1. The number of hydrogen-bond donors (Lipinski definition) is 1. The molecule has 17 heavy (non-hydrogen) atoms. The van der Waals surface area contributed by atoms with Gasteiger partial charge in [0.2, 0.25) is 5.91 Å². The molecule has 2 heterocycles. The molecular formula is C12H13N3OS. The van der Waals surface area contributed by atoms with E-state index in [0.717, 1.165) is 5.56 Å². The van der Waals surface area contributed by atoms with Gasteiger partial charge in [-0.15, -0.1) is 0 Å². The normalized spacial score (nSPS) is 19.5. The number of nitrogens with zero attached hydrogens (tertiary/aromatic N) is 3. The molecule has 0 N–H and O–H groups in total. The Balaban J connectivity index is 2.39. The minimum absolute atomic E-state index is 0.0265. The van der Waals surface area contributed by atoms with Gasteiger partial charge in [0.25, 0.3) is 0 Å². The second-order valence-corrected chi connectivity index (χ2v) is 4.56. The SMILES string of the molecule is Cc1ccnc(N2CC(CS)CC2=O)c1C#N. The number of aromatic nitrogens is 1. The smallest absolute Gasteiger partial charge is 0.228 e. The molecule has 1 aromatic heterocycles. The van der Waals surface area contributed by atoms with E-state index in [1.54, 1.807) is 17.2 Å². The molecule has 0 radical (unpaired) electrons. The number of rotatable bonds is 2. The Hall–Kier alpha value is -1.54. The molecule has 5 heteroatoms. The maximum absolute atomic E-state index is 11.9.